The van der Waals surface area contributed by atoms with E-state index in [1.54, 1.807) is 0 Å². The van der Waals surface area contributed by atoms with Gasteiger partial charge >= 0.3 is 0 Å². The van der Waals surface area contributed by atoms with Crippen molar-refractivity contribution in [1.29, 1.82) is 0 Å². The lowest BCUT2D eigenvalue weighted by molar-refractivity contribution is 0.457. The summed E-state index contributed by atoms with van der Waals surface area (Å²) in [6.07, 6.45) is 1.49. The van der Waals surface area contributed by atoms with Gasteiger partial charge in [0.1, 0.15) is 0 Å². The minimum atomic E-state index is -0.189. The first-order valence-electron chi connectivity index (χ1n) is 2.90. The predicted molar refractivity (Wildman–Crippen MR) is 42.9 cm³/mol. The number of hydrogen-bond acceptors (Lipinski definition) is 1. The third-order valence-corrected chi connectivity index (χ3v) is 1.19. The number of rotatable bonds is 1. The van der Waals surface area contributed by atoms with Crippen molar-refractivity contribution in [2.75, 3.05) is 0 Å². The smallest absolute Gasteiger partial charge is 0.184 e. The molecule has 0 aliphatic carbocycles. The van der Waals surface area contributed by atoms with Crippen LogP contribution in [0.4, 0.5) is 0 Å². The molecule has 0 atom stereocenters. The molecule has 0 aliphatic heterocycles. The highest BCUT2D eigenvalue weighted by Gasteiger charge is 1.85. The quantitative estimate of drug-likeness (QED) is 0.617. The SMILES string of the molecule is OC(Cl)=Cc1ccccc1. The minimum absolute atomic E-state index is 0.189. The third-order valence-electron chi connectivity index (χ3n) is 1.09. The molecule has 0 unspecified atom stereocenters. The zero-order chi connectivity index (χ0) is 7.40. The first-order chi connectivity index (χ1) is 4.79. The van der Waals surface area contributed by atoms with E-state index in [2.05, 4.69) is 0 Å². The highest BCUT2D eigenvalue weighted by Crippen LogP contribution is 2.05. The molecule has 0 spiro atoms. The standard InChI is InChI=1S/C8H7ClO/c9-8(10)6-7-4-2-1-3-5-7/h1-6,10H. The molecule has 0 saturated carbocycles. The highest BCUT2D eigenvalue weighted by atomic mass is 35.5. The molecular weight excluding hydrogens is 148 g/mol. The molecule has 1 rings (SSSR count). The monoisotopic (exact) mass is 154 g/mol. The predicted octanol–water partition coefficient (Wildman–Crippen LogP) is 2.78. The lowest BCUT2D eigenvalue weighted by atomic mass is 10.2. The Labute approximate surface area is 64.6 Å². The van der Waals surface area contributed by atoms with Crippen LogP contribution in [0.1, 0.15) is 5.56 Å². The van der Waals surface area contributed by atoms with Gasteiger partial charge in [0.25, 0.3) is 0 Å². The first-order valence-corrected chi connectivity index (χ1v) is 3.28. The zero-order valence-corrected chi connectivity index (χ0v) is 6.05. The number of aliphatic hydroxyl groups excluding tert-OH is 1. The average Bonchev–Trinajstić information content (AvgIpc) is 1.88. The van der Waals surface area contributed by atoms with Gasteiger partial charge in [-0.3, -0.25) is 0 Å². The lowest BCUT2D eigenvalue weighted by Gasteiger charge is -1.89. The Balaban J connectivity index is 2.87. The van der Waals surface area contributed by atoms with Crippen molar-refractivity contribution in [3.8, 4) is 0 Å². The van der Waals surface area contributed by atoms with Crippen LogP contribution in [-0.2, 0) is 0 Å². The Morgan fingerprint density at radius 2 is 1.90 bits per heavy atom. The van der Waals surface area contributed by atoms with Crippen LogP contribution in [0.2, 0.25) is 0 Å². The molecule has 1 N–H and O–H groups in total. The number of benzene rings is 1. The molecule has 0 radical (unpaired) electrons. The summed E-state index contributed by atoms with van der Waals surface area (Å²) in [5.41, 5.74) is 0.898. The summed E-state index contributed by atoms with van der Waals surface area (Å²) >= 11 is 5.23. The van der Waals surface area contributed by atoms with E-state index < -0.39 is 0 Å². The summed E-state index contributed by atoms with van der Waals surface area (Å²) in [4.78, 5) is 0. The summed E-state index contributed by atoms with van der Waals surface area (Å²) in [6.45, 7) is 0. The summed E-state index contributed by atoms with van der Waals surface area (Å²) < 4.78 is 0. The van der Waals surface area contributed by atoms with Crippen molar-refractivity contribution in [1.82, 2.24) is 0 Å². The van der Waals surface area contributed by atoms with Crippen LogP contribution in [0.25, 0.3) is 6.08 Å². The van der Waals surface area contributed by atoms with Crippen LogP contribution in [0.15, 0.2) is 35.6 Å². The fourth-order valence-corrected chi connectivity index (χ4v) is 0.813. The Hall–Kier alpha value is -0.950. The molecule has 1 aromatic rings. The summed E-state index contributed by atoms with van der Waals surface area (Å²) in [5.74, 6) is 0. The fourth-order valence-electron chi connectivity index (χ4n) is 0.687. The Morgan fingerprint density at radius 3 is 2.40 bits per heavy atom. The molecule has 0 heterocycles. The Morgan fingerprint density at radius 1 is 1.30 bits per heavy atom. The van der Waals surface area contributed by atoms with E-state index >= 15 is 0 Å². The van der Waals surface area contributed by atoms with Gasteiger partial charge < -0.3 is 5.11 Å². The molecule has 1 aromatic carbocycles. The molecule has 0 aromatic heterocycles. The van der Waals surface area contributed by atoms with Crippen LogP contribution in [0.3, 0.4) is 0 Å². The van der Waals surface area contributed by atoms with Gasteiger partial charge in [-0.25, -0.2) is 0 Å². The second kappa shape index (κ2) is 3.28. The maximum atomic E-state index is 8.63. The van der Waals surface area contributed by atoms with Gasteiger partial charge in [0.05, 0.1) is 0 Å². The normalized spacial score (nSPS) is 11.5. The van der Waals surface area contributed by atoms with Crippen LogP contribution in [-0.4, -0.2) is 5.11 Å². The van der Waals surface area contributed by atoms with Gasteiger partial charge in [-0.2, -0.15) is 0 Å². The largest absolute Gasteiger partial charge is 0.499 e. The molecule has 52 valence electrons. The van der Waals surface area contributed by atoms with E-state index in [0.717, 1.165) is 5.56 Å². The van der Waals surface area contributed by atoms with Crippen molar-refractivity contribution < 1.29 is 5.11 Å². The van der Waals surface area contributed by atoms with Crippen LogP contribution in [0.5, 0.6) is 0 Å². The van der Waals surface area contributed by atoms with Gasteiger partial charge in [-0.15, -0.1) is 0 Å². The summed E-state index contributed by atoms with van der Waals surface area (Å²) in [6, 6.07) is 9.39. The maximum Gasteiger partial charge on any atom is 0.184 e. The summed E-state index contributed by atoms with van der Waals surface area (Å²) in [7, 11) is 0. The van der Waals surface area contributed by atoms with Crippen molar-refractivity contribution >= 4 is 17.7 Å². The highest BCUT2D eigenvalue weighted by molar-refractivity contribution is 6.29. The fraction of sp³-hybridized carbons (Fsp3) is 0. The minimum Gasteiger partial charge on any atom is -0.499 e. The van der Waals surface area contributed by atoms with Gasteiger partial charge in [-0.1, -0.05) is 30.3 Å². The van der Waals surface area contributed by atoms with Gasteiger partial charge in [0.2, 0.25) is 0 Å². The van der Waals surface area contributed by atoms with Crippen molar-refractivity contribution in [3.05, 3.63) is 41.1 Å². The lowest BCUT2D eigenvalue weighted by Crippen LogP contribution is -1.70. The number of halogens is 1. The van der Waals surface area contributed by atoms with E-state index in [0.29, 0.717) is 0 Å². The third kappa shape index (κ3) is 2.11. The Kier molecular flexibility index (Phi) is 2.35. The average molecular weight is 155 g/mol. The first kappa shape index (κ1) is 7.16. The Bertz CT molecular complexity index is 224. The number of hydrogen-bond donors (Lipinski definition) is 1. The molecule has 0 fully saturated rings. The molecule has 10 heavy (non-hydrogen) atoms. The van der Waals surface area contributed by atoms with E-state index in [9.17, 15) is 0 Å². The van der Waals surface area contributed by atoms with Gasteiger partial charge in [-0.05, 0) is 23.2 Å². The molecule has 0 aliphatic rings. The van der Waals surface area contributed by atoms with E-state index in [1.165, 1.54) is 6.08 Å². The topological polar surface area (TPSA) is 20.2 Å². The van der Waals surface area contributed by atoms with E-state index in [-0.39, 0.29) is 5.22 Å². The zero-order valence-electron chi connectivity index (χ0n) is 5.29. The van der Waals surface area contributed by atoms with Crippen molar-refractivity contribution in [2.45, 2.75) is 0 Å². The molecule has 0 amide bonds. The molecule has 2 heteroatoms. The van der Waals surface area contributed by atoms with E-state index in [4.69, 9.17) is 16.7 Å². The van der Waals surface area contributed by atoms with Crippen LogP contribution in [0, 0.1) is 0 Å². The molecule has 0 saturated heterocycles. The molecule has 1 nitrogen and oxygen atoms in total. The van der Waals surface area contributed by atoms with Crippen molar-refractivity contribution in [2.24, 2.45) is 0 Å². The number of aliphatic hydroxyl groups is 1. The van der Waals surface area contributed by atoms with Gasteiger partial charge in [0.15, 0.2) is 5.22 Å². The van der Waals surface area contributed by atoms with Crippen molar-refractivity contribution in [3.63, 3.8) is 0 Å². The van der Waals surface area contributed by atoms with Gasteiger partial charge in [0, 0.05) is 0 Å². The summed E-state index contributed by atoms with van der Waals surface area (Å²) in [5, 5.41) is 8.44. The second-order valence-corrected chi connectivity index (χ2v) is 2.26. The maximum absolute atomic E-state index is 8.63. The second-order valence-electron chi connectivity index (χ2n) is 1.88. The van der Waals surface area contributed by atoms with E-state index in [1.807, 2.05) is 30.3 Å². The molecule has 0 bridgehead atoms. The van der Waals surface area contributed by atoms with Crippen LogP contribution >= 0.6 is 11.6 Å². The van der Waals surface area contributed by atoms with Crippen LogP contribution < -0.4 is 0 Å². The molecular formula is C8H7ClO.